The van der Waals surface area contributed by atoms with E-state index in [-0.39, 0.29) is 12.1 Å². The Morgan fingerprint density at radius 2 is 2.25 bits per heavy atom. The molecule has 1 fully saturated rings. The smallest absolute Gasteiger partial charge is 0.0960 e. The van der Waals surface area contributed by atoms with Gasteiger partial charge in [0.1, 0.15) is 0 Å². The van der Waals surface area contributed by atoms with E-state index in [1.54, 1.807) is 0 Å². The first-order valence-electron chi connectivity index (χ1n) is 2.76. The van der Waals surface area contributed by atoms with Crippen LogP contribution in [0.2, 0.25) is 0 Å². The van der Waals surface area contributed by atoms with Gasteiger partial charge in [0.15, 0.2) is 0 Å². The van der Waals surface area contributed by atoms with Crippen molar-refractivity contribution in [3.63, 3.8) is 0 Å². The average molecular weight is 113 g/mol. The van der Waals surface area contributed by atoms with Crippen molar-refractivity contribution in [2.45, 2.75) is 19.3 Å². The summed E-state index contributed by atoms with van der Waals surface area (Å²) in [6.07, 6.45) is 2.23. The Morgan fingerprint density at radius 3 is 2.38 bits per heavy atom. The van der Waals surface area contributed by atoms with Crippen molar-refractivity contribution in [3.05, 3.63) is 0 Å². The van der Waals surface area contributed by atoms with Crippen molar-refractivity contribution >= 4 is 0 Å². The molecule has 0 aromatic carbocycles. The highest BCUT2D eigenvalue weighted by atomic mass is 19.1. The van der Waals surface area contributed by atoms with E-state index in [2.05, 4.69) is 0 Å². The maximum atomic E-state index is 11.9. The van der Waals surface area contributed by atoms with Crippen LogP contribution in [0.5, 0.6) is 0 Å². The van der Waals surface area contributed by atoms with Crippen LogP contribution in [-0.4, -0.2) is 6.67 Å². The Bertz CT molecular complexity index is 121. The quantitative estimate of drug-likeness (QED) is 0.534. The molecule has 44 valence electrons. The minimum atomic E-state index is -0.305. The molecule has 0 heterocycles. The second kappa shape index (κ2) is 1.74. The van der Waals surface area contributed by atoms with Crippen LogP contribution < -0.4 is 0 Å². The normalized spacial score (nSPS) is 22.0. The molecule has 0 N–H and O–H groups in total. The van der Waals surface area contributed by atoms with Crippen molar-refractivity contribution in [1.29, 1.82) is 5.26 Å². The Kier molecular flexibility index (Phi) is 1.21. The van der Waals surface area contributed by atoms with E-state index in [4.69, 9.17) is 5.26 Å². The largest absolute Gasteiger partial charge is 0.250 e. The Balaban J connectivity index is 2.33. The number of hydrogen-bond acceptors (Lipinski definition) is 1. The predicted octanol–water partition coefficient (Wildman–Crippen LogP) is 1.65. The summed E-state index contributed by atoms with van der Waals surface area (Å²) in [6.45, 7) is -0.305. The number of rotatable bonds is 2. The Hall–Kier alpha value is -0.580. The van der Waals surface area contributed by atoms with Crippen LogP contribution in [0.4, 0.5) is 4.39 Å². The van der Waals surface area contributed by atoms with Crippen molar-refractivity contribution in [2.24, 2.45) is 5.41 Å². The zero-order chi connectivity index (χ0) is 6.04. The van der Waals surface area contributed by atoms with E-state index >= 15 is 0 Å². The van der Waals surface area contributed by atoms with Crippen LogP contribution >= 0.6 is 0 Å². The Labute approximate surface area is 48.1 Å². The fraction of sp³-hybridized carbons (Fsp3) is 0.833. The standard InChI is InChI=1S/C6H8FN/c7-5-6(1-2-6)3-4-8/h1-3,5H2. The summed E-state index contributed by atoms with van der Waals surface area (Å²) >= 11 is 0. The average Bonchev–Trinajstić information content (AvgIpc) is 2.50. The molecule has 0 aromatic rings. The van der Waals surface area contributed by atoms with E-state index in [1.165, 1.54) is 0 Å². The van der Waals surface area contributed by atoms with E-state index in [0.29, 0.717) is 6.42 Å². The van der Waals surface area contributed by atoms with Crippen LogP contribution in [0.1, 0.15) is 19.3 Å². The third-order valence-corrected chi connectivity index (χ3v) is 1.69. The van der Waals surface area contributed by atoms with Crippen LogP contribution in [0.25, 0.3) is 0 Å². The van der Waals surface area contributed by atoms with Crippen molar-refractivity contribution in [2.75, 3.05) is 6.67 Å². The summed E-state index contributed by atoms with van der Waals surface area (Å²) in [5, 5.41) is 8.16. The molecule has 1 saturated carbocycles. The predicted molar refractivity (Wildman–Crippen MR) is 27.9 cm³/mol. The van der Waals surface area contributed by atoms with Gasteiger partial charge in [0.25, 0.3) is 0 Å². The molecule has 1 rings (SSSR count). The minimum Gasteiger partial charge on any atom is -0.250 e. The summed E-state index contributed by atoms with van der Waals surface area (Å²) in [5.41, 5.74) is -0.186. The summed E-state index contributed by atoms with van der Waals surface area (Å²) in [5.74, 6) is 0. The van der Waals surface area contributed by atoms with Gasteiger partial charge >= 0.3 is 0 Å². The molecule has 0 radical (unpaired) electrons. The highest BCUT2D eigenvalue weighted by Crippen LogP contribution is 2.48. The van der Waals surface area contributed by atoms with Crippen molar-refractivity contribution in [3.8, 4) is 6.07 Å². The zero-order valence-electron chi connectivity index (χ0n) is 4.65. The van der Waals surface area contributed by atoms with Crippen molar-refractivity contribution in [1.82, 2.24) is 0 Å². The van der Waals surface area contributed by atoms with Gasteiger partial charge in [0.2, 0.25) is 0 Å². The molecule has 0 atom stereocenters. The van der Waals surface area contributed by atoms with Crippen LogP contribution in [-0.2, 0) is 0 Å². The molecule has 0 amide bonds. The Morgan fingerprint density at radius 1 is 1.62 bits per heavy atom. The van der Waals surface area contributed by atoms with Crippen LogP contribution in [0.15, 0.2) is 0 Å². The molecule has 2 heteroatoms. The van der Waals surface area contributed by atoms with E-state index < -0.39 is 0 Å². The molecule has 0 bridgehead atoms. The van der Waals surface area contributed by atoms with Gasteiger partial charge in [-0.05, 0) is 12.8 Å². The highest BCUT2D eigenvalue weighted by molar-refractivity contribution is 4.98. The lowest BCUT2D eigenvalue weighted by atomic mass is 10.1. The fourth-order valence-electron chi connectivity index (χ4n) is 0.702. The molecule has 0 unspecified atom stereocenters. The lowest BCUT2D eigenvalue weighted by molar-refractivity contribution is 0.347. The van der Waals surface area contributed by atoms with Gasteiger partial charge in [-0.25, -0.2) is 0 Å². The number of halogens is 1. The first-order valence-corrected chi connectivity index (χ1v) is 2.76. The van der Waals surface area contributed by atoms with E-state index in [9.17, 15) is 4.39 Å². The van der Waals surface area contributed by atoms with Gasteiger partial charge in [0.05, 0.1) is 12.7 Å². The molecule has 1 aliphatic carbocycles. The summed E-state index contributed by atoms with van der Waals surface area (Å²) in [6, 6.07) is 1.98. The minimum absolute atomic E-state index is 0.186. The summed E-state index contributed by atoms with van der Waals surface area (Å²) in [4.78, 5) is 0. The van der Waals surface area contributed by atoms with Gasteiger partial charge in [-0.1, -0.05) is 0 Å². The molecule has 0 saturated heterocycles. The van der Waals surface area contributed by atoms with Crippen LogP contribution in [0.3, 0.4) is 0 Å². The summed E-state index contributed by atoms with van der Waals surface area (Å²) in [7, 11) is 0. The topological polar surface area (TPSA) is 23.8 Å². The molecule has 0 spiro atoms. The fourth-order valence-corrected chi connectivity index (χ4v) is 0.702. The molecular weight excluding hydrogens is 105 g/mol. The maximum Gasteiger partial charge on any atom is 0.0960 e. The van der Waals surface area contributed by atoms with Gasteiger partial charge in [-0.3, -0.25) is 4.39 Å². The second-order valence-corrected chi connectivity index (χ2v) is 2.47. The van der Waals surface area contributed by atoms with Gasteiger partial charge in [0, 0.05) is 11.8 Å². The van der Waals surface area contributed by atoms with E-state index in [0.717, 1.165) is 12.8 Å². The monoisotopic (exact) mass is 113 g/mol. The third-order valence-electron chi connectivity index (χ3n) is 1.69. The SMILES string of the molecule is N#CCC1(CF)CC1. The van der Waals surface area contributed by atoms with Gasteiger partial charge < -0.3 is 0 Å². The highest BCUT2D eigenvalue weighted by Gasteiger charge is 2.42. The lowest BCUT2D eigenvalue weighted by Gasteiger charge is -1.99. The number of nitriles is 1. The number of alkyl halides is 1. The molecule has 1 nitrogen and oxygen atoms in total. The second-order valence-electron chi connectivity index (χ2n) is 2.47. The molecule has 1 aliphatic rings. The first kappa shape index (κ1) is 5.55. The zero-order valence-corrected chi connectivity index (χ0v) is 4.65. The molecule has 0 aromatic heterocycles. The molecular formula is C6H8FN. The van der Waals surface area contributed by atoms with Gasteiger partial charge in [-0.2, -0.15) is 5.26 Å². The first-order chi connectivity index (χ1) is 3.83. The molecule has 0 aliphatic heterocycles. The number of nitrogens with zero attached hydrogens (tertiary/aromatic N) is 1. The maximum absolute atomic E-state index is 11.9. The number of hydrogen-bond donors (Lipinski definition) is 0. The third kappa shape index (κ3) is 0.812. The van der Waals surface area contributed by atoms with Gasteiger partial charge in [-0.15, -0.1) is 0 Å². The lowest BCUT2D eigenvalue weighted by Crippen LogP contribution is -1.99. The summed E-state index contributed by atoms with van der Waals surface area (Å²) < 4.78 is 11.9. The van der Waals surface area contributed by atoms with Crippen LogP contribution in [0, 0.1) is 16.7 Å². The molecule has 8 heavy (non-hydrogen) atoms. The van der Waals surface area contributed by atoms with Crippen molar-refractivity contribution < 1.29 is 4.39 Å². The van der Waals surface area contributed by atoms with E-state index in [1.807, 2.05) is 6.07 Å².